The Morgan fingerprint density at radius 2 is 1.27 bits per heavy atom. The number of unbranched alkanes of at least 4 members (excludes halogenated alkanes) is 2. The van der Waals surface area contributed by atoms with Crippen LogP contribution in [0.3, 0.4) is 0 Å². The highest BCUT2D eigenvalue weighted by Crippen LogP contribution is 2.27. The van der Waals surface area contributed by atoms with E-state index in [-0.39, 0.29) is 6.61 Å². The van der Waals surface area contributed by atoms with Gasteiger partial charge in [-0.05, 0) is 54.7 Å². The normalized spacial score (nSPS) is 14.1. The molecule has 6 heteroatoms. The van der Waals surface area contributed by atoms with Crippen molar-refractivity contribution < 1.29 is 28.9 Å². The second kappa shape index (κ2) is 8.92. The van der Waals surface area contributed by atoms with Gasteiger partial charge in [0.1, 0.15) is 17.2 Å². The van der Waals surface area contributed by atoms with E-state index in [1.54, 1.807) is 12.1 Å². The zero-order valence-corrected chi connectivity index (χ0v) is 17.9. The lowest BCUT2D eigenvalue weighted by Gasteiger charge is -2.07. The summed E-state index contributed by atoms with van der Waals surface area (Å²) in [5, 5.41) is 10.0. The zero-order valence-electron chi connectivity index (χ0n) is 17.9. The van der Waals surface area contributed by atoms with E-state index in [1.165, 1.54) is 0 Å². The van der Waals surface area contributed by atoms with Crippen molar-refractivity contribution in [2.45, 2.75) is 19.3 Å². The number of aliphatic hydroxyl groups excluding tert-OH is 1. The Hall–Kier alpha value is -3.90. The fraction of sp³-hybridized carbons (Fsp3) is 0.185. The van der Waals surface area contributed by atoms with Crippen molar-refractivity contribution in [2.75, 3.05) is 13.2 Å². The van der Waals surface area contributed by atoms with Gasteiger partial charge >= 0.3 is 11.9 Å². The van der Waals surface area contributed by atoms with Gasteiger partial charge in [-0.15, -0.1) is 0 Å². The maximum atomic E-state index is 12.7. The molecule has 0 saturated carbocycles. The number of fused-ring (bicyclic) bond motifs is 2. The van der Waals surface area contributed by atoms with Crippen molar-refractivity contribution in [3.8, 4) is 17.2 Å². The average molecular weight is 442 g/mol. The van der Waals surface area contributed by atoms with Crippen LogP contribution in [0, 0.1) is 0 Å². The summed E-state index contributed by atoms with van der Waals surface area (Å²) in [5.41, 5.74) is 2.33. The Balaban J connectivity index is 1.48. The molecule has 0 saturated heterocycles. The molecule has 0 atom stereocenters. The Labute approximate surface area is 190 Å². The quantitative estimate of drug-likeness (QED) is 0.328. The van der Waals surface area contributed by atoms with Crippen LogP contribution in [0.15, 0.2) is 66.7 Å². The molecule has 2 aliphatic rings. The number of hydrogen-bond donors (Lipinski definition) is 1. The van der Waals surface area contributed by atoms with Crippen molar-refractivity contribution >= 4 is 23.1 Å². The molecule has 33 heavy (non-hydrogen) atoms. The Kier molecular flexibility index (Phi) is 5.67. The van der Waals surface area contributed by atoms with Gasteiger partial charge in [0.2, 0.25) is 0 Å². The number of benzene rings is 3. The minimum Gasteiger partial charge on any atom is -0.494 e. The first kappa shape index (κ1) is 21.0. The van der Waals surface area contributed by atoms with E-state index in [2.05, 4.69) is 0 Å². The molecular formula is C27H22O6. The van der Waals surface area contributed by atoms with Crippen molar-refractivity contribution in [3.63, 3.8) is 0 Å². The van der Waals surface area contributed by atoms with E-state index in [4.69, 9.17) is 19.3 Å². The van der Waals surface area contributed by atoms with Crippen LogP contribution >= 0.6 is 0 Å². The van der Waals surface area contributed by atoms with E-state index >= 15 is 0 Å². The topological polar surface area (TPSA) is 82.1 Å². The minimum absolute atomic E-state index is 0.193. The van der Waals surface area contributed by atoms with Gasteiger partial charge in [0.05, 0.1) is 17.8 Å². The third-order valence-electron chi connectivity index (χ3n) is 5.71. The summed E-state index contributed by atoms with van der Waals surface area (Å²) >= 11 is 0. The largest absolute Gasteiger partial charge is 0.494 e. The van der Waals surface area contributed by atoms with Crippen LogP contribution in [0.2, 0.25) is 0 Å². The van der Waals surface area contributed by atoms with Gasteiger partial charge in [0.15, 0.2) is 0 Å². The van der Waals surface area contributed by atoms with Crippen molar-refractivity contribution in [3.05, 3.63) is 88.3 Å². The SMILES string of the molecule is O=C1Oc2cc3c(cc2=C1c1ccccc1)OC(=O)C=3c1ccc(OCCCCCO)cc1. The van der Waals surface area contributed by atoms with Crippen molar-refractivity contribution in [2.24, 2.45) is 0 Å². The highest BCUT2D eigenvalue weighted by molar-refractivity contribution is 6.21. The molecule has 0 aliphatic carbocycles. The maximum absolute atomic E-state index is 12.7. The molecule has 166 valence electrons. The minimum atomic E-state index is -0.445. The van der Waals surface area contributed by atoms with E-state index in [1.807, 2.05) is 54.6 Å². The zero-order chi connectivity index (χ0) is 22.8. The Bertz CT molecular complexity index is 1340. The highest BCUT2D eigenvalue weighted by atomic mass is 16.5. The molecule has 2 aliphatic heterocycles. The molecule has 0 radical (unpaired) electrons. The van der Waals surface area contributed by atoms with E-state index in [0.717, 1.165) is 24.8 Å². The maximum Gasteiger partial charge on any atom is 0.344 e. The van der Waals surface area contributed by atoms with E-state index in [0.29, 0.717) is 51.0 Å². The van der Waals surface area contributed by atoms with Gasteiger partial charge in [0.25, 0.3) is 0 Å². The number of esters is 2. The van der Waals surface area contributed by atoms with E-state index in [9.17, 15) is 9.59 Å². The van der Waals surface area contributed by atoms with Gasteiger partial charge in [0, 0.05) is 17.0 Å². The van der Waals surface area contributed by atoms with Gasteiger partial charge in [-0.1, -0.05) is 42.5 Å². The highest BCUT2D eigenvalue weighted by Gasteiger charge is 2.30. The van der Waals surface area contributed by atoms with Crippen LogP contribution in [0.4, 0.5) is 0 Å². The number of carbonyl (C=O) groups excluding carboxylic acids is 2. The first-order valence-electron chi connectivity index (χ1n) is 10.9. The Morgan fingerprint density at radius 3 is 1.85 bits per heavy atom. The summed E-state index contributed by atoms with van der Waals surface area (Å²) in [6.07, 6.45) is 2.55. The molecule has 6 nitrogen and oxygen atoms in total. The molecule has 0 bridgehead atoms. The fourth-order valence-electron chi connectivity index (χ4n) is 4.09. The number of carbonyl (C=O) groups is 2. The average Bonchev–Trinajstić information content (AvgIpc) is 3.32. The van der Waals surface area contributed by atoms with Crippen LogP contribution in [-0.2, 0) is 9.59 Å². The predicted octanol–water partition coefficient (Wildman–Crippen LogP) is 2.46. The van der Waals surface area contributed by atoms with Crippen LogP contribution in [-0.4, -0.2) is 30.3 Å². The van der Waals surface area contributed by atoms with Gasteiger partial charge < -0.3 is 19.3 Å². The van der Waals surface area contributed by atoms with Crippen molar-refractivity contribution in [1.82, 2.24) is 0 Å². The molecule has 5 rings (SSSR count). The molecule has 0 aromatic heterocycles. The number of rotatable bonds is 8. The second-order valence-electron chi connectivity index (χ2n) is 7.90. The van der Waals surface area contributed by atoms with Gasteiger partial charge in [-0.3, -0.25) is 0 Å². The van der Waals surface area contributed by atoms with Crippen LogP contribution in [0.1, 0.15) is 30.4 Å². The van der Waals surface area contributed by atoms with Crippen LogP contribution in [0.25, 0.3) is 11.1 Å². The number of ether oxygens (including phenoxy) is 3. The van der Waals surface area contributed by atoms with E-state index < -0.39 is 11.9 Å². The van der Waals surface area contributed by atoms with Crippen LogP contribution in [0.5, 0.6) is 17.2 Å². The molecule has 1 N–H and O–H groups in total. The lowest BCUT2D eigenvalue weighted by Crippen LogP contribution is -2.11. The fourth-order valence-corrected chi connectivity index (χ4v) is 4.09. The molecule has 2 heterocycles. The molecule has 3 aromatic carbocycles. The number of hydrogen-bond acceptors (Lipinski definition) is 6. The molecule has 0 unspecified atom stereocenters. The standard InChI is InChI=1S/C27H22O6/c28-13-5-2-6-14-31-19-11-9-18(10-12-19)25-21-16-22-20(15-23(21)33-27(25)30)24(26(29)32-22)17-7-3-1-4-8-17/h1,3-4,7-12,15-16,28H,2,5-6,13-14H2. The molecule has 0 amide bonds. The second-order valence-corrected chi connectivity index (χ2v) is 7.90. The van der Waals surface area contributed by atoms with Crippen molar-refractivity contribution in [1.29, 1.82) is 0 Å². The molecule has 0 spiro atoms. The third kappa shape index (κ3) is 4.01. The summed E-state index contributed by atoms with van der Waals surface area (Å²) in [5.74, 6) is 0.660. The summed E-state index contributed by atoms with van der Waals surface area (Å²) in [7, 11) is 0. The monoisotopic (exact) mass is 442 g/mol. The summed E-state index contributed by atoms with van der Waals surface area (Å²) in [6, 6.07) is 19.9. The lowest BCUT2D eigenvalue weighted by molar-refractivity contribution is -0.128. The summed E-state index contributed by atoms with van der Waals surface area (Å²) < 4.78 is 16.8. The van der Waals surface area contributed by atoms with Gasteiger partial charge in [-0.25, -0.2) is 9.59 Å². The third-order valence-corrected chi connectivity index (χ3v) is 5.71. The predicted molar refractivity (Wildman–Crippen MR) is 121 cm³/mol. The smallest absolute Gasteiger partial charge is 0.344 e. The molecular weight excluding hydrogens is 420 g/mol. The lowest BCUT2D eigenvalue weighted by atomic mass is 10.0. The summed E-state index contributed by atoms with van der Waals surface area (Å²) in [4.78, 5) is 25.3. The summed E-state index contributed by atoms with van der Waals surface area (Å²) in [6.45, 7) is 0.761. The first-order valence-corrected chi connectivity index (χ1v) is 10.9. The first-order chi connectivity index (χ1) is 16.2. The molecule has 0 fully saturated rings. The molecule has 3 aromatic rings. The van der Waals surface area contributed by atoms with Crippen LogP contribution < -0.4 is 24.6 Å². The Morgan fingerprint density at radius 1 is 0.697 bits per heavy atom. The van der Waals surface area contributed by atoms with Gasteiger partial charge in [-0.2, -0.15) is 0 Å². The number of aliphatic hydroxyl groups is 1.